The minimum atomic E-state index is -4.84. The molecule has 0 aromatic rings. The van der Waals surface area contributed by atoms with E-state index in [4.69, 9.17) is 13.7 Å². The van der Waals surface area contributed by atoms with Gasteiger partial charge >= 0.3 is 10.4 Å². The Kier molecular flexibility index (Phi) is 10.9. The van der Waals surface area contributed by atoms with Crippen molar-refractivity contribution in [3.05, 3.63) is 0 Å². The number of rotatable bonds is 10. The lowest BCUT2D eigenvalue weighted by molar-refractivity contribution is -0.314. The summed E-state index contributed by atoms with van der Waals surface area (Å²) in [6, 6.07) is 0. The van der Waals surface area contributed by atoms with Crippen LogP contribution in [0.3, 0.4) is 0 Å². The average molecular weight is 695 g/mol. The van der Waals surface area contributed by atoms with Crippen LogP contribution in [0.15, 0.2) is 0 Å². The molecule has 17 atom stereocenters. The third-order valence-corrected chi connectivity index (χ3v) is 13.9. The first-order chi connectivity index (χ1) is 21.8. The first-order valence-electron chi connectivity index (χ1n) is 17.5. The smallest absolute Gasteiger partial charge is 0.394 e. The molecule has 0 bridgehead atoms. The molecule has 0 aromatic heterocycles. The number of aliphatic hydroxyl groups is 7. The van der Waals surface area contributed by atoms with E-state index >= 15 is 0 Å². The van der Waals surface area contributed by atoms with Gasteiger partial charge < -0.3 is 45.2 Å². The topological polar surface area (TPSA) is 224 Å². The molecule has 14 heteroatoms. The minimum Gasteiger partial charge on any atom is -0.394 e. The molecule has 1 aliphatic heterocycles. The molecule has 0 radical (unpaired) electrons. The Hall–Kier alpha value is -0.490. The number of fused-ring (bicyclic) bond motifs is 5. The number of hydrogen-bond donors (Lipinski definition) is 8. The Labute approximate surface area is 278 Å². The van der Waals surface area contributed by atoms with Crippen molar-refractivity contribution >= 4 is 10.4 Å². The second kappa shape index (κ2) is 13.6. The highest BCUT2D eigenvalue weighted by atomic mass is 32.3. The fourth-order valence-electron chi connectivity index (χ4n) is 11.2. The van der Waals surface area contributed by atoms with Crippen LogP contribution in [0.5, 0.6) is 0 Å². The predicted octanol–water partition coefficient (Wildman–Crippen LogP) is 1.15. The van der Waals surface area contributed by atoms with Gasteiger partial charge in [0.05, 0.1) is 36.6 Å². The number of ether oxygens (including phenoxy) is 2. The summed E-state index contributed by atoms with van der Waals surface area (Å²) >= 11 is 0. The lowest BCUT2D eigenvalue weighted by Gasteiger charge is -2.66. The normalized spacial score (nSPS) is 50.0. The highest BCUT2D eigenvalue weighted by Crippen LogP contribution is 2.70. The molecule has 4 saturated carbocycles. The number of hydrogen-bond acceptors (Lipinski definition) is 12. The maximum absolute atomic E-state index is 12.7. The third-order valence-electron chi connectivity index (χ3n) is 13.5. The molecule has 5 fully saturated rings. The summed E-state index contributed by atoms with van der Waals surface area (Å²) in [5.41, 5.74) is -2.48. The summed E-state index contributed by atoms with van der Waals surface area (Å²) in [6.07, 6.45) is -5.19. The first-order valence-corrected chi connectivity index (χ1v) is 18.8. The van der Waals surface area contributed by atoms with Crippen LogP contribution in [0, 0.1) is 46.3 Å². The van der Waals surface area contributed by atoms with Crippen LogP contribution >= 0.6 is 0 Å². The van der Waals surface area contributed by atoms with Crippen LogP contribution in [0.2, 0.25) is 0 Å². The Morgan fingerprint density at radius 1 is 0.915 bits per heavy atom. The standard InChI is InChI=1S/C33H58O13S/c1-16(2)22(44-30-28(39)27(38)26(37)24(15-34)45-30)7-6-17(3)19-13-21(36)29-32(19,5)11-9-25-31(4)10-8-18(35)12-20(31)23(14-33(25,29)40)46-47(41,42)43/h16-30,34-40H,6-15H2,1-5H3,(H,41,42,43)/t17-,18+,19-,20-,21-,22+,23+,24-,25+,26+,27-,28+,29+,30+,31+,32-,33+/m1/s1. The van der Waals surface area contributed by atoms with Crippen molar-refractivity contribution in [3.63, 3.8) is 0 Å². The van der Waals surface area contributed by atoms with Crippen molar-refractivity contribution in [2.45, 2.75) is 153 Å². The summed E-state index contributed by atoms with van der Waals surface area (Å²) in [5.74, 6) is -1.06. The van der Waals surface area contributed by atoms with Gasteiger partial charge in [-0.2, -0.15) is 8.42 Å². The highest BCUT2D eigenvalue weighted by Gasteiger charge is 2.71. The highest BCUT2D eigenvalue weighted by molar-refractivity contribution is 7.80. The molecular formula is C33H58O13S. The Morgan fingerprint density at radius 3 is 2.19 bits per heavy atom. The molecule has 5 rings (SSSR count). The Balaban J connectivity index is 1.34. The van der Waals surface area contributed by atoms with Gasteiger partial charge in [-0.3, -0.25) is 4.55 Å². The van der Waals surface area contributed by atoms with Crippen molar-refractivity contribution in [2.24, 2.45) is 46.3 Å². The van der Waals surface area contributed by atoms with Gasteiger partial charge in [-0.25, -0.2) is 4.18 Å². The van der Waals surface area contributed by atoms with Crippen molar-refractivity contribution in [3.8, 4) is 0 Å². The quantitative estimate of drug-likeness (QED) is 0.151. The molecule has 4 aliphatic carbocycles. The second-order valence-electron chi connectivity index (χ2n) is 16.5. The van der Waals surface area contributed by atoms with E-state index in [-0.39, 0.29) is 42.1 Å². The summed E-state index contributed by atoms with van der Waals surface area (Å²) < 4.78 is 50.6. The molecule has 0 aromatic carbocycles. The van der Waals surface area contributed by atoms with Gasteiger partial charge in [0.15, 0.2) is 6.29 Å². The van der Waals surface area contributed by atoms with Crippen molar-refractivity contribution < 1.29 is 62.4 Å². The molecule has 47 heavy (non-hydrogen) atoms. The fourth-order valence-corrected chi connectivity index (χ4v) is 11.7. The lowest BCUT2D eigenvalue weighted by Crippen LogP contribution is -2.69. The predicted molar refractivity (Wildman–Crippen MR) is 168 cm³/mol. The third kappa shape index (κ3) is 6.81. The van der Waals surface area contributed by atoms with E-state index in [1.54, 1.807) is 0 Å². The summed E-state index contributed by atoms with van der Waals surface area (Å²) in [6.45, 7) is 9.67. The van der Waals surface area contributed by atoms with Gasteiger partial charge in [-0.05, 0) is 91.8 Å². The molecule has 0 unspecified atom stereocenters. The molecule has 13 nitrogen and oxygen atoms in total. The van der Waals surface area contributed by atoms with Crippen LogP contribution in [0.1, 0.15) is 92.4 Å². The Bertz CT molecular complexity index is 1200. The minimum absolute atomic E-state index is 0.00731. The maximum Gasteiger partial charge on any atom is 0.397 e. The second-order valence-corrected chi connectivity index (χ2v) is 17.5. The van der Waals surface area contributed by atoms with Crippen LogP contribution < -0.4 is 0 Å². The van der Waals surface area contributed by atoms with E-state index < -0.39 is 88.4 Å². The van der Waals surface area contributed by atoms with Gasteiger partial charge in [0.25, 0.3) is 0 Å². The zero-order valence-electron chi connectivity index (χ0n) is 28.3. The van der Waals surface area contributed by atoms with Crippen molar-refractivity contribution in [1.29, 1.82) is 0 Å². The summed E-state index contributed by atoms with van der Waals surface area (Å²) in [4.78, 5) is 0. The molecule has 1 saturated heterocycles. The molecule has 1 heterocycles. The van der Waals surface area contributed by atoms with Crippen LogP contribution in [-0.4, -0.2) is 116 Å². The molecule has 8 N–H and O–H groups in total. The fraction of sp³-hybridized carbons (Fsp3) is 1.00. The molecule has 0 amide bonds. The largest absolute Gasteiger partial charge is 0.397 e. The average Bonchev–Trinajstić information content (AvgIpc) is 3.25. The molecule has 5 aliphatic rings. The summed E-state index contributed by atoms with van der Waals surface area (Å²) in [7, 11) is -4.84. The zero-order valence-corrected chi connectivity index (χ0v) is 29.1. The van der Waals surface area contributed by atoms with Gasteiger partial charge in [0, 0.05) is 12.3 Å². The van der Waals surface area contributed by atoms with Gasteiger partial charge in [0.1, 0.15) is 24.4 Å². The van der Waals surface area contributed by atoms with Crippen LogP contribution in [0.4, 0.5) is 0 Å². The zero-order chi connectivity index (χ0) is 34.9. The van der Waals surface area contributed by atoms with E-state index in [0.717, 1.165) is 6.42 Å². The van der Waals surface area contributed by atoms with Crippen molar-refractivity contribution in [1.82, 2.24) is 0 Å². The van der Waals surface area contributed by atoms with E-state index in [2.05, 4.69) is 13.8 Å². The molecule has 0 spiro atoms. The van der Waals surface area contributed by atoms with Crippen LogP contribution in [-0.2, 0) is 24.1 Å². The Morgan fingerprint density at radius 2 is 1.57 bits per heavy atom. The van der Waals surface area contributed by atoms with E-state index in [1.165, 1.54) is 0 Å². The monoisotopic (exact) mass is 694 g/mol. The SMILES string of the molecule is CC(C)[C@H](CC[C@@H](C)[C@H]1C[C@@H](O)[C@H]2[C@]1(C)CC[C@H]1[C@@]3(C)CC[C@H](O)C[C@@H]3[C@@H](OS(=O)(=O)O)C[C@]12O)O[C@H]1O[C@H](CO)[C@H](O)[C@@H](O)[C@@H]1O. The van der Waals surface area contributed by atoms with E-state index in [1.807, 2.05) is 20.8 Å². The molecule has 274 valence electrons. The number of aliphatic hydroxyl groups excluding tert-OH is 6. The lowest BCUT2D eigenvalue weighted by atomic mass is 9.42. The van der Waals surface area contributed by atoms with Crippen LogP contribution in [0.25, 0.3) is 0 Å². The van der Waals surface area contributed by atoms with E-state index in [0.29, 0.717) is 44.9 Å². The van der Waals surface area contributed by atoms with Crippen molar-refractivity contribution in [2.75, 3.05) is 6.61 Å². The van der Waals surface area contributed by atoms with Gasteiger partial charge in [-0.1, -0.05) is 34.6 Å². The molecular weight excluding hydrogens is 636 g/mol. The van der Waals surface area contributed by atoms with Gasteiger partial charge in [0.2, 0.25) is 0 Å². The first kappa shape index (κ1) is 37.8. The summed E-state index contributed by atoms with van der Waals surface area (Å²) in [5, 5.41) is 75.4. The maximum atomic E-state index is 12.7. The van der Waals surface area contributed by atoms with E-state index in [9.17, 15) is 48.7 Å². The van der Waals surface area contributed by atoms with Gasteiger partial charge in [-0.15, -0.1) is 0 Å².